The first-order valence-electron chi connectivity index (χ1n) is 6.98. The average Bonchev–Trinajstić information content (AvgIpc) is 2.86. The molecule has 0 radical (unpaired) electrons. The molecule has 0 aliphatic heterocycles. The number of benzene rings is 2. The SMILES string of the molecule is O=c1oc2ccc(Cl)cc2n1Cc1ccc(O)c2ncccc12. The number of hydrogen-bond donors (Lipinski definition) is 1. The van der Waals surface area contributed by atoms with E-state index in [4.69, 9.17) is 16.0 Å². The lowest BCUT2D eigenvalue weighted by Gasteiger charge is -2.08. The van der Waals surface area contributed by atoms with E-state index < -0.39 is 5.76 Å². The van der Waals surface area contributed by atoms with E-state index in [0.29, 0.717) is 28.2 Å². The van der Waals surface area contributed by atoms with Crippen molar-refractivity contribution >= 4 is 33.6 Å². The van der Waals surface area contributed by atoms with Crippen molar-refractivity contribution in [2.45, 2.75) is 6.54 Å². The minimum absolute atomic E-state index is 0.108. The monoisotopic (exact) mass is 326 g/mol. The van der Waals surface area contributed by atoms with Crippen LogP contribution >= 0.6 is 11.6 Å². The quantitative estimate of drug-likeness (QED) is 0.611. The number of hydrogen-bond acceptors (Lipinski definition) is 4. The summed E-state index contributed by atoms with van der Waals surface area (Å²) in [7, 11) is 0. The maximum Gasteiger partial charge on any atom is 0.420 e. The van der Waals surface area contributed by atoms with Gasteiger partial charge in [-0.1, -0.05) is 23.7 Å². The van der Waals surface area contributed by atoms with Crippen molar-refractivity contribution in [1.82, 2.24) is 9.55 Å². The Kier molecular flexibility index (Phi) is 3.09. The Morgan fingerprint density at radius 3 is 2.96 bits per heavy atom. The average molecular weight is 327 g/mol. The molecule has 0 aliphatic rings. The van der Waals surface area contributed by atoms with Crippen LogP contribution in [0, 0.1) is 0 Å². The van der Waals surface area contributed by atoms with E-state index in [1.807, 2.05) is 6.07 Å². The third kappa shape index (κ3) is 2.26. The number of aromatic hydroxyl groups is 1. The summed E-state index contributed by atoms with van der Waals surface area (Å²) in [5.41, 5.74) is 2.48. The number of oxazole rings is 1. The second-order valence-corrected chi connectivity index (χ2v) is 5.65. The predicted molar refractivity (Wildman–Crippen MR) is 88.0 cm³/mol. The summed E-state index contributed by atoms with van der Waals surface area (Å²) in [5, 5.41) is 11.2. The summed E-state index contributed by atoms with van der Waals surface area (Å²) < 4.78 is 6.76. The molecule has 0 amide bonds. The third-order valence-electron chi connectivity index (χ3n) is 3.80. The zero-order valence-corrected chi connectivity index (χ0v) is 12.6. The molecular weight excluding hydrogens is 316 g/mol. The van der Waals surface area contributed by atoms with E-state index in [0.717, 1.165) is 10.9 Å². The molecule has 0 saturated heterocycles. The third-order valence-corrected chi connectivity index (χ3v) is 4.03. The van der Waals surface area contributed by atoms with Crippen LogP contribution in [0.15, 0.2) is 57.9 Å². The minimum Gasteiger partial charge on any atom is -0.506 e. The normalized spacial score (nSPS) is 11.3. The maximum absolute atomic E-state index is 12.1. The topological polar surface area (TPSA) is 68.3 Å². The molecule has 4 rings (SSSR count). The number of rotatable bonds is 2. The van der Waals surface area contributed by atoms with Gasteiger partial charge in [-0.15, -0.1) is 0 Å². The molecule has 2 heterocycles. The molecule has 23 heavy (non-hydrogen) atoms. The molecule has 0 aliphatic carbocycles. The van der Waals surface area contributed by atoms with Gasteiger partial charge >= 0.3 is 5.76 Å². The first-order chi connectivity index (χ1) is 11.1. The predicted octanol–water partition coefficient (Wildman–Crippen LogP) is 3.55. The highest BCUT2D eigenvalue weighted by Gasteiger charge is 2.13. The van der Waals surface area contributed by atoms with Crippen molar-refractivity contribution in [3.63, 3.8) is 0 Å². The Hall–Kier alpha value is -2.79. The van der Waals surface area contributed by atoms with Crippen molar-refractivity contribution in [3.05, 3.63) is 69.8 Å². The van der Waals surface area contributed by atoms with Crippen LogP contribution in [-0.2, 0) is 6.54 Å². The van der Waals surface area contributed by atoms with Gasteiger partial charge in [0.25, 0.3) is 0 Å². The van der Waals surface area contributed by atoms with E-state index >= 15 is 0 Å². The largest absolute Gasteiger partial charge is 0.506 e. The highest BCUT2D eigenvalue weighted by Crippen LogP contribution is 2.27. The Bertz CT molecular complexity index is 1100. The summed E-state index contributed by atoms with van der Waals surface area (Å²) in [4.78, 5) is 16.3. The zero-order valence-electron chi connectivity index (χ0n) is 11.9. The highest BCUT2D eigenvalue weighted by atomic mass is 35.5. The van der Waals surface area contributed by atoms with E-state index in [9.17, 15) is 9.90 Å². The lowest BCUT2D eigenvalue weighted by Crippen LogP contribution is -2.15. The molecule has 0 fully saturated rings. The van der Waals surface area contributed by atoms with Gasteiger partial charge in [0, 0.05) is 16.6 Å². The molecule has 0 bridgehead atoms. The van der Waals surface area contributed by atoms with Crippen LogP contribution in [0.4, 0.5) is 0 Å². The summed E-state index contributed by atoms with van der Waals surface area (Å²) in [6, 6.07) is 12.0. The molecule has 2 aromatic heterocycles. The summed E-state index contributed by atoms with van der Waals surface area (Å²) in [5.74, 6) is -0.343. The second kappa shape index (κ2) is 5.14. The van der Waals surface area contributed by atoms with E-state index in [2.05, 4.69) is 4.98 Å². The zero-order chi connectivity index (χ0) is 16.0. The summed E-state index contributed by atoms with van der Waals surface area (Å²) >= 11 is 6.02. The van der Waals surface area contributed by atoms with Gasteiger partial charge in [0.05, 0.1) is 12.1 Å². The van der Waals surface area contributed by atoms with Gasteiger partial charge in [0.15, 0.2) is 5.58 Å². The number of pyridine rings is 1. The van der Waals surface area contributed by atoms with Gasteiger partial charge in [0.2, 0.25) is 0 Å². The molecule has 4 aromatic rings. The lowest BCUT2D eigenvalue weighted by molar-refractivity contribution is 0.480. The van der Waals surface area contributed by atoms with E-state index in [-0.39, 0.29) is 5.75 Å². The Labute approximate surface area is 135 Å². The first kappa shape index (κ1) is 13.8. The molecule has 0 saturated carbocycles. The number of fused-ring (bicyclic) bond motifs is 2. The van der Waals surface area contributed by atoms with Gasteiger partial charge in [-0.05, 0) is 35.9 Å². The minimum atomic E-state index is -0.451. The molecule has 114 valence electrons. The maximum atomic E-state index is 12.1. The van der Waals surface area contributed by atoms with Crippen LogP contribution in [0.25, 0.3) is 22.0 Å². The standard InChI is InChI=1S/C17H11ClN2O3/c18-11-4-6-15-13(8-11)20(17(22)23-15)9-10-3-5-14(21)16-12(10)2-1-7-19-16/h1-8,21H,9H2. The Morgan fingerprint density at radius 2 is 2.09 bits per heavy atom. The molecule has 0 unspecified atom stereocenters. The summed E-state index contributed by atoms with van der Waals surface area (Å²) in [6.07, 6.45) is 1.62. The molecule has 0 atom stereocenters. The Morgan fingerprint density at radius 1 is 1.22 bits per heavy atom. The van der Waals surface area contributed by atoms with E-state index in [1.54, 1.807) is 42.6 Å². The van der Waals surface area contributed by atoms with Crippen molar-refractivity contribution in [2.75, 3.05) is 0 Å². The van der Waals surface area contributed by atoms with Crippen LogP contribution < -0.4 is 5.76 Å². The fourth-order valence-electron chi connectivity index (χ4n) is 2.71. The Balaban J connectivity index is 1.92. The first-order valence-corrected chi connectivity index (χ1v) is 7.36. The van der Waals surface area contributed by atoms with Gasteiger partial charge in [-0.25, -0.2) is 4.79 Å². The van der Waals surface area contributed by atoms with Crippen LogP contribution in [0.2, 0.25) is 5.02 Å². The number of halogens is 1. The lowest BCUT2D eigenvalue weighted by atomic mass is 10.1. The molecule has 1 N–H and O–H groups in total. The number of nitrogens with zero attached hydrogens (tertiary/aromatic N) is 2. The number of phenolic OH excluding ortho intramolecular Hbond substituents is 1. The highest BCUT2D eigenvalue weighted by molar-refractivity contribution is 6.31. The van der Waals surface area contributed by atoms with Crippen LogP contribution in [-0.4, -0.2) is 14.7 Å². The molecular formula is C17H11ClN2O3. The van der Waals surface area contributed by atoms with Gasteiger partial charge in [-0.2, -0.15) is 0 Å². The van der Waals surface area contributed by atoms with Crippen LogP contribution in [0.5, 0.6) is 5.75 Å². The van der Waals surface area contributed by atoms with E-state index in [1.165, 1.54) is 4.57 Å². The van der Waals surface area contributed by atoms with Crippen molar-refractivity contribution in [1.29, 1.82) is 0 Å². The van der Waals surface area contributed by atoms with Crippen LogP contribution in [0.3, 0.4) is 0 Å². The second-order valence-electron chi connectivity index (χ2n) is 5.21. The fraction of sp³-hybridized carbons (Fsp3) is 0.0588. The molecule has 0 spiro atoms. The van der Waals surface area contributed by atoms with Gasteiger partial charge in [0.1, 0.15) is 11.3 Å². The van der Waals surface area contributed by atoms with Crippen molar-refractivity contribution < 1.29 is 9.52 Å². The fourth-order valence-corrected chi connectivity index (χ4v) is 2.88. The molecule has 5 nitrogen and oxygen atoms in total. The molecule has 6 heteroatoms. The van der Waals surface area contributed by atoms with Crippen LogP contribution in [0.1, 0.15) is 5.56 Å². The number of aromatic nitrogens is 2. The van der Waals surface area contributed by atoms with Gasteiger partial charge in [-0.3, -0.25) is 9.55 Å². The summed E-state index contributed by atoms with van der Waals surface area (Å²) in [6.45, 7) is 0.300. The molecule has 2 aromatic carbocycles. The van der Waals surface area contributed by atoms with Crippen molar-refractivity contribution in [3.8, 4) is 5.75 Å². The smallest absolute Gasteiger partial charge is 0.420 e. The van der Waals surface area contributed by atoms with Crippen molar-refractivity contribution in [2.24, 2.45) is 0 Å². The van der Waals surface area contributed by atoms with Gasteiger partial charge < -0.3 is 9.52 Å². The number of phenols is 1.